The molecule has 1 amide bonds. The van der Waals surface area contributed by atoms with Gasteiger partial charge in [0, 0.05) is 24.8 Å². The van der Waals surface area contributed by atoms with Gasteiger partial charge in [0.1, 0.15) is 17.3 Å². The van der Waals surface area contributed by atoms with Crippen LogP contribution in [0.1, 0.15) is 28.7 Å². The predicted octanol–water partition coefficient (Wildman–Crippen LogP) is 2.09. The van der Waals surface area contributed by atoms with Gasteiger partial charge in [-0.2, -0.15) is 0 Å². The molecule has 2 aromatic rings. The highest BCUT2D eigenvalue weighted by Gasteiger charge is 2.47. The van der Waals surface area contributed by atoms with Crippen molar-refractivity contribution >= 4 is 17.4 Å². The van der Waals surface area contributed by atoms with E-state index in [1.165, 1.54) is 18.2 Å². The minimum atomic E-state index is -0.776. The molecular formula is C22H26N4O4. The van der Waals surface area contributed by atoms with E-state index in [1.54, 1.807) is 26.0 Å². The van der Waals surface area contributed by atoms with E-state index in [2.05, 4.69) is 9.97 Å². The summed E-state index contributed by atoms with van der Waals surface area (Å²) < 4.78 is 5.49. The second kappa shape index (κ2) is 8.62. The number of aryl methyl sites for hydroxylation is 2. The predicted molar refractivity (Wildman–Crippen MR) is 112 cm³/mol. The number of aliphatic hydroxyl groups is 1. The number of nitrogens with zero attached hydrogens (tertiary/aromatic N) is 4. The van der Waals surface area contributed by atoms with Crippen molar-refractivity contribution in [3.8, 4) is 5.75 Å². The fourth-order valence-corrected chi connectivity index (χ4v) is 3.59. The van der Waals surface area contributed by atoms with Crippen molar-refractivity contribution in [3.05, 3.63) is 58.7 Å². The molecule has 0 unspecified atom stereocenters. The van der Waals surface area contributed by atoms with Gasteiger partial charge in [0.25, 0.3) is 11.7 Å². The van der Waals surface area contributed by atoms with Gasteiger partial charge in [0.15, 0.2) is 0 Å². The molecule has 3 rings (SSSR count). The third-order valence-corrected chi connectivity index (χ3v) is 5.12. The number of benzene rings is 1. The average molecular weight is 410 g/mol. The minimum Gasteiger partial charge on any atom is -0.507 e. The molecule has 0 spiro atoms. The number of Topliss-reactive ketones (excluding diaryl/α,β-unsaturated/α-hetero) is 1. The Balaban J connectivity index is 2.22. The summed E-state index contributed by atoms with van der Waals surface area (Å²) in [6, 6.07) is 6.41. The lowest BCUT2D eigenvalue weighted by Crippen LogP contribution is -2.35. The van der Waals surface area contributed by atoms with Crippen LogP contribution in [0.15, 0.2) is 36.0 Å². The highest BCUT2D eigenvalue weighted by atomic mass is 16.5. The number of hydrogen-bond donors (Lipinski definition) is 1. The number of carbonyl (C=O) groups is 2. The van der Waals surface area contributed by atoms with Crippen molar-refractivity contribution in [1.29, 1.82) is 0 Å². The fourth-order valence-electron chi connectivity index (χ4n) is 3.59. The van der Waals surface area contributed by atoms with E-state index in [9.17, 15) is 14.7 Å². The van der Waals surface area contributed by atoms with E-state index in [0.29, 0.717) is 41.5 Å². The fraction of sp³-hybridized carbons (Fsp3) is 0.364. The first-order valence-electron chi connectivity index (χ1n) is 9.63. The van der Waals surface area contributed by atoms with Crippen molar-refractivity contribution in [2.24, 2.45) is 0 Å². The standard InChI is InChI=1S/C22H26N4O4/c1-13-16(12-23-14(2)24-13)20(27)18-19(15-8-6-7-9-17(15)30-5)26(11-10-25(3)4)22(29)21(18)28/h6-9,12,19,27H,10-11H2,1-5H3/t19-/m1/s1. The zero-order valence-corrected chi connectivity index (χ0v) is 17.8. The molecule has 30 heavy (non-hydrogen) atoms. The van der Waals surface area contributed by atoms with Crippen LogP contribution in [0.3, 0.4) is 0 Å². The van der Waals surface area contributed by atoms with Gasteiger partial charge in [0.2, 0.25) is 0 Å². The molecule has 2 heterocycles. The van der Waals surface area contributed by atoms with Crippen LogP contribution in [0, 0.1) is 13.8 Å². The minimum absolute atomic E-state index is 0.0128. The van der Waals surface area contributed by atoms with E-state index in [-0.39, 0.29) is 11.3 Å². The zero-order valence-electron chi connectivity index (χ0n) is 17.8. The summed E-state index contributed by atoms with van der Waals surface area (Å²) in [5, 5.41) is 11.1. The van der Waals surface area contributed by atoms with Gasteiger partial charge in [-0.15, -0.1) is 0 Å². The molecule has 0 bridgehead atoms. The Bertz CT molecular complexity index is 1020. The van der Waals surface area contributed by atoms with Crippen LogP contribution in [0.5, 0.6) is 5.75 Å². The van der Waals surface area contributed by atoms with E-state index < -0.39 is 17.7 Å². The summed E-state index contributed by atoms with van der Waals surface area (Å²) in [4.78, 5) is 37.8. The lowest BCUT2D eigenvalue weighted by molar-refractivity contribution is -0.140. The zero-order chi connectivity index (χ0) is 22.0. The Morgan fingerprint density at radius 3 is 2.57 bits per heavy atom. The average Bonchev–Trinajstić information content (AvgIpc) is 2.96. The molecular weight excluding hydrogens is 384 g/mol. The number of rotatable bonds is 6. The molecule has 1 aromatic heterocycles. The summed E-state index contributed by atoms with van der Waals surface area (Å²) in [5.41, 5.74) is 1.49. The van der Waals surface area contributed by atoms with E-state index in [0.717, 1.165) is 0 Å². The summed E-state index contributed by atoms with van der Waals surface area (Å²) in [7, 11) is 5.31. The summed E-state index contributed by atoms with van der Waals surface area (Å²) in [5.74, 6) is -0.588. The first kappa shape index (κ1) is 21.4. The lowest BCUT2D eigenvalue weighted by atomic mass is 9.94. The van der Waals surface area contributed by atoms with Crippen molar-refractivity contribution in [1.82, 2.24) is 19.8 Å². The van der Waals surface area contributed by atoms with Crippen LogP contribution in [0.2, 0.25) is 0 Å². The lowest BCUT2D eigenvalue weighted by Gasteiger charge is -2.27. The Kier molecular flexibility index (Phi) is 6.17. The Labute approximate surface area is 175 Å². The Hall–Kier alpha value is -3.26. The number of para-hydroxylation sites is 1. The van der Waals surface area contributed by atoms with E-state index in [1.807, 2.05) is 31.1 Å². The number of likely N-dealkylation sites (N-methyl/N-ethyl adjacent to an activating group) is 1. The smallest absolute Gasteiger partial charge is 0.295 e. The third kappa shape index (κ3) is 3.91. The van der Waals surface area contributed by atoms with Crippen molar-refractivity contribution in [2.45, 2.75) is 19.9 Å². The molecule has 0 aliphatic carbocycles. The maximum Gasteiger partial charge on any atom is 0.295 e. The molecule has 0 radical (unpaired) electrons. The molecule has 1 N–H and O–H groups in total. The number of likely N-dealkylation sites (tertiary alicyclic amines) is 1. The number of amides is 1. The molecule has 1 aliphatic heterocycles. The molecule has 1 aromatic carbocycles. The van der Waals surface area contributed by atoms with Crippen LogP contribution in [-0.2, 0) is 9.59 Å². The van der Waals surface area contributed by atoms with Gasteiger partial charge >= 0.3 is 0 Å². The van der Waals surface area contributed by atoms with Crippen molar-refractivity contribution in [2.75, 3.05) is 34.3 Å². The quantitative estimate of drug-likeness (QED) is 0.442. The molecule has 1 atom stereocenters. The molecule has 8 heteroatoms. The number of ether oxygens (including phenoxy) is 1. The second-order valence-electron chi connectivity index (χ2n) is 7.45. The number of aliphatic hydroxyl groups excluding tert-OH is 1. The third-order valence-electron chi connectivity index (χ3n) is 5.12. The van der Waals surface area contributed by atoms with Gasteiger partial charge in [0.05, 0.1) is 30.0 Å². The van der Waals surface area contributed by atoms with Crippen LogP contribution in [-0.4, -0.2) is 70.9 Å². The number of hydrogen-bond acceptors (Lipinski definition) is 7. The van der Waals surface area contributed by atoms with E-state index in [4.69, 9.17) is 4.74 Å². The molecule has 158 valence electrons. The monoisotopic (exact) mass is 410 g/mol. The first-order chi connectivity index (χ1) is 14.3. The number of ketones is 1. The van der Waals surface area contributed by atoms with Crippen LogP contribution >= 0.6 is 0 Å². The summed E-state index contributed by atoms with van der Waals surface area (Å²) >= 11 is 0. The number of methoxy groups -OCH3 is 1. The van der Waals surface area contributed by atoms with E-state index >= 15 is 0 Å². The molecule has 1 aliphatic rings. The normalized spacial score (nSPS) is 18.3. The highest BCUT2D eigenvalue weighted by Crippen LogP contribution is 2.42. The Morgan fingerprint density at radius 1 is 1.23 bits per heavy atom. The number of aromatic nitrogens is 2. The van der Waals surface area contributed by atoms with Crippen LogP contribution in [0.4, 0.5) is 0 Å². The molecule has 1 fully saturated rings. The van der Waals surface area contributed by atoms with Gasteiger partial charge in [-0.25, -0.2) is 9.97 Å². The number of carbonyl (C=O) groups excluding carboxylic acids is 2. The maximum atomic E-state index is 13.0. The maximum absolute atomic E-state index is 13.0. The first-order valence-corrected chi connectivity index (χ1v) is 9.63. The topological polar surface area (TPSA) is 95.9 Å². The van der Waals surface area contributed by atoms with Crippen LogP contribution in [0.25, 0.3) is 5.76 Å². The largest absolute Gasteiger partial charge is 0.507 e. The Morgan fingerprint density at radius 2 is 1.93 bits per heavy atom. The van der Waals surface area contributed by atoms with Gasteiger partial charge in [-0.3, -0.25) is 9.59 Å². The highest BCUT2D eigenvalue weighted by molar-refractivity contribution is 6.46. The van der Waals surface area contributed by atoms with Crippen molar-refractivity contribution < 1.29 is 19.4 Å². The molecule has 1 saturated heterocycles. The van der Waals surface area contributed by atoms with Crippen LogP contribution < -0.4 is 4.74 Å². The van der Waals surface area contributed by atoms with Gasteiger partial charge in [-0.05, 0) is 34.0 Å². The van der Waals surface area contributed by atoms with Gasteiger partial charge in [-0.1, -0.05) is 18.2 Å². The second-order valence-corrected chi connectivity index (χ2v) is 7.45. The summed E-state index contributed by atoms with van der Waals surface area (Å²) in [6.45, 7) is 4.35. The van der Waals surface area contributed by atoms with Gasteiger partial charge < -0.3 is 19.6 Å². The molecule has 8 nitrogen and oxygen atoms in total. The molecule has 0 saturated carbocycles. The SMILES string of the molecule is COc1ccccc1[C@@H]1C(=C(O)c2cnc(C)nc2C)C(=O)C(=O)N1CCN(C)C. The van der Waals surface area contributed by atoms with Crippen molar-refractivity contribution in [3.63, 3.8) is 0 Å². The summed E-state index contributed by atoms with van der Waals surface area (Å²) in [6.07, 6.45) is 1.47.